The Morgan fingerprint density at radius 3 is 2.88 bits per heavy atom. The summed E-state index contributed by atoms with van der Waals surface area (Å²) >= 11 is 6.25. The maximum Gasteiger partial charge on any atom is 0.333 e. The lowest BCUT2D eigenvalue weighted by atomic mass is 10.3. The van der Waals surface area contributed by atoms with E-state index in [2.05, 4.69) is 10.1 Å². The topological polar surface area (TPSA) is 86.5 Å². The molecule has 0 bridgehead atoms. The summed E-state index contributed by atoms with van der Waals surface area (Å²) in [5, 5.41) is 4.37. The highest BCUT2D eigenvalue weighted by Gasteiger charge is 2.36. The van der Waals surface area contributed by atoms with Gasteiger partial charge in [0.25, 0.3) is 0 Å². The lowest BCUT2D eigenvalue weighted by Gasteiger charge is -2.21. The van der Waals surface area contributed by atoms with Crippen molar-refractivity contribution in [3.8, 4) is 5.69 Å². The van der Waals surface area contributed by atoms with Crippen molar-refractivity contribution in [2.45, 2.75) is 19.8 Å². The fourth-order valence-electron chi connectivity index (χ4n) is 2.31. The van der Waals surface area contributed by atoms with Gasteiger partial charge in [0.1, 0.15) is 12.3 Å². The molecule has 0 spiro atoms. The van der Waals surface area contributed by atoms with Gasteiger partial charge in [-0.15, -0.1) is 0 Å². The predicted molar refractivity (Wildman–Crippen MR) is 94.0 cm³/mol. The zero-order valence-electron chi connectivity index (χ0n) is 14.3. The third-order valence-corrected chi connectivity index (χ3v) is 4.09. The van der Waals surface area contributed by atoms with Crippen LogP contribution in [-0.2, 0) is 19.1 Å². The van der Waals surface area contributed by atoms with Crippen molar-refractivity contribution in [3.05, 3.63) is 35.9 Å². The Balaban J connectivity index is 1.79. The number of nitrogens with zero attached hydrogens (tertiary/aromatic N) is 4. The molecule has 2 heterocycles. The van der Waals surface area contributed by atoms with Crippen LogP contribution in [0.2, 0.25) is 5.15 Å². The molecule has 0 saturated heterocycles. The summed E-state index contributed by atoms with van der Waals surface area (Å²) in [4.78, 5) is 29.7. The highest BCUT2D eigenvalue weighted by Crippen LogP contribution is 2.35. The summed E-state index contributed by atoms with van der Waals surface area (Å²) < 4.78 is 11.7. The Hall–Kier alpha value is -2.45. The number of aromatic nitrogens is 3. The van der Waals surface area contributed by atoms with Crippen molar-refractivity contribution >= 4 is 29.2 Å². The van der Waals surface area contributed by atoms with Crippen LogP contribution < -0.4 is 4.90 Å². The summed E-state index contributed by atoms with van der Waals surface area (Å²) in [7, 11) is 0. The number of amides is 1. The number of hydrogen-bond donors (Lipinski definition) is 0. The number of hydrogen-bond acceptors (Lipinski definition) is 6. The second-order valence-corrected chi connectivity index (χ2v) is 6.14. The molecule has 0 aromatic carbocycles. The van der Waals surface area contributed by atoms with E-state index in [-0.39, 0.29) is 30.3 Å². The van der Waals surface area contributed by atoms with E-state index in [0.29, 0.717) is 18.0 Å². The van der Waals surface area contributed by atoms with Crippen molar-refractivity contribution < 1.29 is 19.1 Å². The minimum absolute atomic E-state index is 0.0709. The van der Waals surface area contributed by atoms with Gasteiger partial charge in [-0.1, -0.05) is 11.6 Å². The van der Waals surface area contributed by atoms with Crippen LogP contribution in [0.4, 0.5) is 5.69 Å². The van der Waals surface area contributed by atoms with Crippen LogP contribution in [0.3, 0.4) is 0 Å². The Morgan fingerprint density at radius 1 is 1.42 bits per heavy atom. The van der Waals surface area contributed by atoms with Crippen LogP contribution >= 0.6 is 11.6 Å². The van der Waals surface area contributed by atoms with Crippen molar-refractivity contribution in [2.24, 2.45) is 5.92 Å². The summed E-state index contributed by atoms with van der Waals surface area (Å²) in [6, 6.07) is 3.59. The Morgan fingerprint density at radius 2 is 2.23 bits per heavy atom. The number of ether oxygens (including phenoxy) is 2. The van der Waals surface area contributed by atoms with E-state index in [4.69, 9.17) is 21.1 Å². The molecule has 1 aliphatic rings. The molecule has 0 atom stereocenters. The number of pyridine rings is 1. The highest BCUT2D eigenvalue weighted by atomic mass is 35.5. The summed E-state index contributed by atoms with van der Waals surface area (Å²) in [6.45, 7) is 1.79. The second-order valence-electron chi connectivity index (χ2n) is 5.78. The van der Waals surface area contributed by atoms with Gasteiger partial charge < -0.3 is 9.47 Å². The molecule has 0 aliphatic heterocycles. The number of rotatable bonds is 8. The number of halogens is 1. The SMILES string of the molecule is CCOCC(=O)OCN(C(=O)C1CC1)c1cn(-c2cccnc2)nc1Cl. The molecule has 8 nitrogen and oxygen atoms in total. The molecule has 0 radical (unpaired) electrons. The lowest BCUT2D eigenvalue weighted by molar-refractivity contribution is -0.149. The van der Waals surface area contributed by atoms with E-state index in [1.54, 1.807) is 31.6 Å². The second kappa shape index (κ2) is 8.29. The largest absolute Gasteiger partial charge is 0.442 e. The average molecular weight is 379 g/mol. The first kappa shape index (κ1) is 18.3. The lowest BCUT2D eigenvalue weighted by Crippen LogP contribution is -2.36. The molecular formula is C17H19ClN4O4. The summed E-state index contributed by atoms with van der Waals surface area (Å²) in [6.07, 6.45) is 6.53. The van der Waals surface area contributed by atoms with Gasteiger partial charge in [-0.05, 0) is 31.9 Å². The van der Waals surface area contributed by atoms with E-state index in [0.717, 1.165) is 12.8 Å². The fourth-order valence-corrected chi connectivity index (χ4v) is 2.54. The molecule has 0 unspecified atom stereocenters. The zero-order valence-corrected chi connectivity index (χ0v) is 15.1. The van der Waals surface area contributed by atoms with Crippen LogP contribution in [0, 0.1) is 5.92 Å². The minimum Gasteiger partial charge on any atom is -0.442 e. The Kier molecular flexibility index (Phi) is 5.85. The average Bonchev–Trinajstić information content (AvgIpc) is 3.44. The molecule has 1 fully saturated rings. The third-order valence-electron chi connectivity index (χ3n) is 3.82. The van der Waals surface area contributed by atoms with Gasteiger partial charge in [-0.25, -0.2) is 9.48 Å². The molecule has 3 rings (SSSR count). The van der Waals surface area contributed by atoms with E-state index >= 15 is 0 Å². The molecule has 1 amide bonds. The highest BCUT2D eigenvalue weighted by molar-refractivity contribution is 6.32. The number of carbonyl (C=O) groups is 2. The molecule has 26 heavy (non-hydrogen) atoms. The normalized spacial score (nSPS) is 13.5. The number of carbonyl (C=O) groups excluding carboxylic acids is 2. The van der Waals surface area contributed by atoms with E-state index in [1.807, 2.05) is 6.07 Å². The van der Waals surface area contributed by atoms with Crippen LogP contribution in [0.1, 0.15) is 19.8 Å². The maximum atomic E-state index is 12.6. The minimum atomic E-state index is -0.545. The molecular weight excluding hydrogens is 360 g/mol. The van der Waals surface area contributed by atoms with Crippen molar-refractivity contribution in [2.75, 3.05) is 24.8 Å². The van der Waals surface area contributed by atoms with E-state index in [9.17, 15) is 9.59 Å². The molecule has 2 aromatic rings. The van der Waals surface area contributed by atoms with Crippen LogP contribution in [0.5, 0.6) is 0 Å². The van der Waals surface area contributed by atoms with Gasteiger partial charge in [0.05, 0.1) is 18.1 Å². The molecule has 138 valence electrons. The molecule has 1 saturated carbocycles. The summed E-state index contributed by atoms with van der Waals surface area (Å²) in [5.41, 5.74) is 1.09. The first-order chi connectivity index (χ1) is 12.6. The first-order valence-corrected chi connectivity index (χ1v) is 8.68. The van der Waals surface area contributed by atoms with Crippen molar-refractivity contribution in [1.29, 1.82) is 0 Å². The monoisotopic (exact) mass is 378 g/mol. The van der Waals surface area contributed by atoms with Gasteiger partial charge in [-0.2, -0.15) is 5.10 Å². The molecule has 0 N–H and O–H groups in total. The maximum absolute atomic E-state index is 12.6. The molecule has 1 aliphatic carbocycles. The van der Waals surface area contributed by atoms with Crippen LogP contribution in [-0.4, -0.2) is 46.6 Å². The predicted octanol–water partition coefficient (Wildman–Crippen LogP) is 2.20. The molecule has 9 heteroatoms. The van der Waals surface area contributed by atoms with E-state index in [1.165, 1.54) is 9.58 Å². The summed E-state index contributed by atoms with van der Waals surface area (Å²) in [5.74, 6) is -0.753. The van der Waals surface area contributed by atoms with Crippen molar-refractivity contribution in [1.82, 2.24) is 14.8 Å². The van der Waals surface area contributed by atoms with Crippen LogP contribution in [0.15, 0.2) is 30.7 Å². The quantitative estimate of drug-likeness (QED) is 0.517. The van der Waals surface area contributed by atoms with E-state index < -0.39 is 5.97 Å². The Bertz CT molecular complexity index is 776. The Labute approximate surface area is 155 Å². The van der Waals surface area contributed by atoms with Gasteiger partial charge >= 0.3 is 5.97 Å². The van der Waals surface area contributed by atoms with Crippen molar-refractivity contribution in [3.63, 3.8) is 0 Å². The van der Waals surface area contributed by atoms with Gasteiger partial charge in [0.2, 0.25) is 5.91 Å². The first-order valence-electron chi connectivity index (χ1n) is 8.30. The molecule has 2 aromatic heterocycles. The number of anilines is 1. The van der Waals surface area contributed by atoms with Gasteiger partial charge in [-0.3, -0.25) is 14.7 Å². The smallest absolute Gasteiger partial charge is 0.333 e. The standard InChI is InChI=1S/C17H19ClN4O4/c1-2-25-10-15(23)26-11-21(17(24)12-5-6-12)14-9-22(20-16(14)18)13-4-3-7-19-8-13/h3-4,7-9,12H,2,5-6,10-11H2,1H3. The third kappa shape index (κ3) is 4.39. The number of esters is 1. The van der Waals surface area contributed by atoms with Crippen LogP contribution in [0.25, 0.3) is 5.69 Å². The van der Waals surface area contributed by atoms with Gasteiger partial charge in [0, 0.05) is 18.7 Å². The fraction of sp³-hybridized carbons (Fsp3) is 0.412. The zero-order chi connectivity index (χ0) is 18.5. The van der Waals surface area contributed by atoms with Gasteiger partial charge in [0.15, 0.2) is 11.9 Å².